The van der Waals surface area contributed by atoms with E-state index in [1.165, 1.54) is 6.26 Å². The number of hydrogen-bond acceptors (Lipinski definition) is 3. The first kappa shape index (κ1) is 10.6. The molecule has 1 aromatic rings. The molecule has 1 aliphatic rings. The van der Waals surface area contributed by atoms with Crippen molar-refractivity contribution >= 4 is 10.0 Å². The van der Waals surface area contributed by atoms with Crippen LogP contribution in [0.2, 0.25) is 0 Å². The van der Waals surface area contributed by atoms with Crippen LogP contribution in [0.15, 0.2) is 12.4 Å². The van der Waals surface area contributed by atoms with Crippen molar-refractivity contribution in [2.45, 2.75) is 19.4 Å². The van der Waals surface area contributed by atoms with Crippen LogP contribution in [0.5, 0.6) is 0 Å². The van der Waals surface area contributed by atoms with Crippen molar-refractivity contribution in [1.29, 1.82) is 0 Å². The Morgan fingerprint density at radius 2 is 2.47 bits per heavy atom. The molecule has 0 aromatic carbocycles. The van der Waals surface area contributed by atoms with Crippen LogP contribution in [0.25, 0.3) is 0 Å². The molecule has 0 aliphatic carbocycles. The van der Waals surface area contributed by atoms with Crippen molar-refractivity contribution in [2.24, 2.45) is 5.92 Å². The normalized spacial score (nSPS) is 21.3. The lowest BCUT2D eigenvalue weighted by atomic mass is 9.98. The van der Waals surface area contributed by atoms with Gasteiger partial charge in [-0.25, -0.2) is 18.1 Å². The maximum atomic E-state index is 10.9. The number of imidazole rings is 1. The van der Waals surface area contributed by atoms with Crippen LogP contribution in [-0.4, -0.2) is 30.8 Å². The van der Waals surface area contributed by atoms with E-state index in [0.29, 0.717) is 12.5 Å². The molecule has 0 unspecified atom stereocenters. The SMILES string of the molecule is CS(=O)(=O)NC[C@@H]1CCn2ccnc2C1. The molecule has 1 aromatic heterocycles. The maximum absolute atomic E-state index is 10.9. The molecule has 0 saturated carbocycles. The lowest BCUT2D eigenvalue weighted by molar-refractivity contribution is 0.380. The smallest absolute Gasteiger partial charge is 0.208 e. The molecule has 15 heavy (non-hydrogen) atoms. The van der Waals surface area contributed by atoms with Gasteiger partial charge in [0.1, 0.15) is 5.82 Å². The quantitative estimate of drug-likeness (QED) is 0.793. The number of nitrogens with one attached hydrogen (secondary N) is 1. The topological polar surface area (TPSA) is 64.0 Å². The largest absolute Gasteiger partial charge is 0.335 e. The van der Waals surface area contributed by atoms with Crippen LogP contribution in [0.1, 0.15) is 12.2 Å². The van der Waals surface area contributed by atoms with Crippen LogP contribution < -0.4 is 4.72 Å². The molecule has 2 rings (SSSR count). The van der Waals surface area contributed by atoms with Gasteiger partial charge < -0.3 is 4.57 Å². The van der Waals surface area contributed by atoms with E-state index >= 15 is 0 Å². The zero-order valence-corrected chi connectivity index (χ0v) is 9.50. The Bertz CT molecular complexity index is 438. The van der Waals surface area contributed by atoms with Crippen LogP contribution >= 0.6 is 0 Å². The molecule has 84 valence electrons. The minimum absolute atomic E-state index is 0.370. The Labute approximate surface area is 89.6 Å². The average Bonchev–Trinajstić information content (AvgIpc) is 2.60. The van der Waals surface area contributed by atoms with Gasteiger partial charge in [0.25, 0.3) is 0 Å². The number of nitrogens with zero attached hydrogens (tertiary/aromatic N) is 2. The summed E-state index contributed by atoms with van der Waals surface area (Å²) in [5.74, 6) is 1.43. The highest BCUT2D eigenvalue weighted by Gasteiger charge is 2.19. The van der Waals surface area contributed by atoms with Gasteiger partial charge >= 0.3 is 0 Å². The predicted molar refractivity (Wildman–Crippen MR) is 56.9 cm³/mol. The van der Waals surface area contributed by atoms with Gasteiger partial charge in [0.2, 0.25) is 10.0 Å². The summed E-state index contributed by atoms with van der Waals surface area (Å²) in [5, 5.41) is 0. The zero-order valence-electron chi connectivity index (χ0n) is 8.68. The van der Waals surface area contributed by atoms with Crippen molar-refractivity contribution < 1.29 is 8.42 Å². The minimum atomic E-state index is -3.06. The lowest BCUT2D eigenvalue weighted by Gasteiger charge is -2.23. The summed E-state index contributed by atoms with van der Waals surface area (Å²) < 4.78 is 26.5. The average molecular weight is 229 g/mol. The van der Waals surface area contributed by atoms with Crippen molar-refractivity contribution in [3.8, 4) is 0 Å². The van der Waals surface area contributed by atoms with Crippen molar-refractivity contribution in [1.82, 2.24) is 14.3 Å². The second-order valence-corrected chi connectivity index (χ2v) is 5.85. The Morgan fingerprint density at radius 1 is 1.67 bits per heavy atom. The van der Waals surface area contributed by atoms with Gasteiger partial charge in [-0.15, -0.1) is 0 Å². The first-order valence-electron chi connectivity index (χ1n) is 4.99. The van der Waals surface area contributed by atoms with Crippen LogP contribution in [0.3, 0.4) is 0 Å². The number of hydrogen-bond donors (Lipinski definition) is 1. The van der Waals surface area contributed by atoms with E-state index in [9.17, 15) is 8.42 Å². The predicted octanol–water partition coefficient (Wildman–Crippen LogP) is -0.00530. The monoisotopic (exact) mass is 229 g/mol. The first-order valence-corrected chi connectivity index (χ1v) is 6.88. The van der Waals surface area contributed by atoms with Crippen LogP contribution in [0.4, 0.5) is 0 Å². The number of sulfonamides is 1. The molecule has 0 radical (unpaired) electrons. The number of rotatable bonds is 3. The fourth-order valence-electron chi connectivity index (χ4n) is 1.86. The van der Waals surface area contributed by atoms with E-state index in [4.69, 9.17) is 0 Å². The molecule has 0 fully saturated rings. The summed E-state index contributed by atoms with van der Waals surface area (Å²) in [6.45, 7) is 1.46. The molecule has 0 spiro atoms. The molecule has 1 atom stereocenters. The highest BCUT2D eigenvalue weighted by molar-refractivity contribution is 7.88. The molecule has 0 bridgehead atoms. The van der Waals surface area contributed by atoms with Gasteiger partial charge in [0, 0.05) is 31.9 Å². The van der Waals surface area contributed by atoms with Crippen LogP contribution in [0, 0.1) is 5.92 Å². The number of aromatic nitrogens is 2. The Balaban J connectivity index is 1.93. The molecule has 6 heteroatoms. The second-order valence-electron chi connectivity index (χ2n) is 4.02. The van der Waals surface area contributed by atoms with Gasteiger partial charge in [-0.3, -0.25) is 0 Å². The maximum Gasteiger partial charge on any atom is 0.208 e. The van der Waals surface area contributed by atoms with E-state index < -0.39 is 10.0 Å². The van der Waals surface area contributed by atoms with Crippen LogP contribution in [-0.2, 0) is 23.0 Å². The Morgan fingerprint density at radius 3 is 3.20 bits per heavy atom. The van der Waals surface area contributed by atoms with Gasteiger partial charge in [-0.05, 0) is 12.3 Å². The summed E-state index contributed by atoms with van der Waals surface area (Å²) in [6.07, 6.45) is 6.81. The fourth-order valence-corrected chi connectivity index (χ4v) is 2.40. The third kappa shape index (κ3) is 2.79. The van der Waals surface area contributed by atoms with E-state index in [0.717, 1.165) is 25.2 Å². The Hall–Kier alpha value is -0.880. The third-order valence-corrected chi connectivity index (χ3v) is 3.38. The zero-order chi connectivity index (χ0) is 10.9. The van der Waals surface area contributed by atoms with Crippen molar-refractivity contribution in [3.05, 3.63) is 18.2 Å². The fraction of sp³-hybridized carbons (Fsp3) is 0.667. The van der Waals surface area contributed by atoms with E-state index in [2.05, 4.69) is 14.3 Å². The van der Waals surface area contributed by atoms with E-state index in [1.807, 2.05) is 6.20 Å². The van der Waals surface area contributed by atoms with Crippen molar-refractivity contribution in [2.75, 3.05) is 12.8 Å². The molecule has 2 heterocycles. The summed E-state index contributed by atoms with van der Waals surface area (Å²) in [4.78, 5) is 4.24. The van der Waals surface area contributed by atoms with Gasteiger partial charge in [-0.1, -0.05) is 0 Å². The molecular weight excluding hydrogens is 214 g/mol. The van der Waals surface area contributed by atoms with Crippen molar-refractivity contribution in [3.63, 3.8) is 0 Å². The van der Waals surface area contributed by atoms with Gasteiger partial charge in [0.05, 0.1) is 6.26 Å². The summed E-state index contributed by atoms with van der Waals surface area (Å²) in [5.41, 5.74) is 0. The number of aryl methyl sites for hydroxylation is 1. The highest BCUT2D eigenvalue weighted by Crippen LogP contribution is 2.18. The summed E-state index contributed by atoms with van der Waals surface area (Å²) in [6, 6.07) is 0. The molecule has 5 nitrogen and oxygen atoms in total. The first-order chi connectivity index (χ1) is 7.04. The highest BCUT2D eigenvalue weighted by atomic mass is 32.2. The summed E-state index contributed by atoms with van der Waals surface area (Å²) >= 11 is 0. The number of fused-ring (bicyclic) bond motifs is 1. The molecule has 1 aliphatic heterocycles. The summed E-state index contributed by atoms with van der Waals surface area (Å²) in [7, 11) is -3.06. The second kappa shape index (κ2) is 3.94. The lowest BCUT2D eigenvalue weighted by Crippen LogP contribution is -2.32. The standard InChI is InChI=1S/C9H15N3O2S/c1-15(13,14)11-7-8-2-4-12-5-3-10-9(12)6-8/h3,5,8,11H,2,4,6-7H2,1H3/t8-/m1/s1. The molecular formula is C9H15N3O2S. The molecule has 0 saturated heterocycles. The third-order valence-electron chi connectivity index (χ3n) is 2.69. The van der Waals surface area contributed by atoms with Gasteiger partial charge in [0.15, 0.2) is 0 Å². The molecule has 1 N–H and O–H groups in total. The minimum Gasteiger partial charge on any atom is -0.335 e. The van der Waals surface area contributed by atoms with E-state index in [-0.39, 0.29) is 0 Å². The van der Waals surface area contributed by atoms with Gasteiger partial charge in [-0.2, -0.15) is 0 Å². The molecule has 0 amide bonds. The Kier molecular flexibility index (Phi) is 2.79. The van der Waals surface area contributed by atoms with E-state index in [1.54, 1.807) is 6.20 Å².